The number of aromatic nitrogens is 3. The van der Waals surface area contributed by atoms with Crippen LogP contribution < -0.4 is 11.5 Å². The van der Waals surface area contributed by atoms with Crippen LogP contribution in [0.3, 0.4) is 0 Å². The van der Waals surface area contributed by atoms with Crippen LogP contribution >= 0.6 is 0 Å². The fourth-order valence-electron chi connectivity index (χ4n) is 1.27. The Morgan fingerprint density at radius 2 is 2.06 bits per heavy atom. The first-order valence-electron chi connectivity index (χ1n) is 4.64. The van der Waals surface area contributed by atoms with Crippen LogP contribution in [0.15, 0.2) is 29.6 Å². The zero-order chi connectivity index (χ0) is 12.6. The smallest absolute Gasteiger partial charge is 0.178 e. The summed E-state index contributed by atoms with van der Waals surface area (Å²) in [6.45, 7) is 0. The van der Waals surface area contributed by atoms with Gasteiger partial charge in [0.25, 0.3) is 0 Å². The Bertz CT molecular complexity index is 662. The summed E-state index contributed by atoms with van der Waals surface area (Å²) in [5.41, 5.74) is 12.0. The molecule has 2 aromatic rings. The van der Waals surface area contributed by atoms with Crippen molar-refractivity contribution in [3.05, 3.63) is 24.7 Å². The first-order chi connectivity index (χ1) is 7.89. The van der Waals surface area contributed by atoms with Crippen LogP contribution in [-0.2, 0) is 9.84 Å². The number of nitrogens with zero attached hydrogens (tertiary/aromatic N) is 3. The molecule has 0 aliphatic rings. The van der Waals surface area contributed by atoms with Crippen molar-refractivity contribution in [3.8, 4) is 5.82 Å². The summed E-state index contributed by atoms with van der Waals surface area (Å²) in [4.78, 5) is 4.10. The van der Waals surface area contributed by atoms with Gasteiger partial charge in [-0.15, -0.1) is 0 Å². The summed E-state index contributed by atoms with van der Waals surface area (Å²) < 4.78 is 23.9. The fraction of sp³-hybridized carbons (Fsp3) is 0.111. The van der Waals surface area contributed by atoms with Gasteiger partial charge in [0, 0.05) is 12.5 Å². The van der Waals surface area contributed by atoms with Crippen LogP contribution in [0.4, 0.5) is 11.4 Å². The lowest BCUT2D eigenvalue weighted by atomic mass is 10.3. The maximum absolute atomic E-state index is 11.3. The lowest BCUT2D eigenvalue weighted by Crippen LogP contribution is -2.05. The number of rotatable bonds is 2. The van der Waals surface area contributed by atoms with Crippen LogP contribution in [0.1, 0.15) is 0 Å². The summed E-state index contributed by atoms with van der Waals surface area (Å²) in [7, 11) is -3.30. The van der Waals surface area contributed by atoms with Crippen molar-refractivity contribution in [1.82, 2.24) is 14.8 Å². The summed E-state index contributed by atoms with van der Waals surface area (Å²) >= 11 is 0. The first kappa shape index (κ1) is 11.4. The molecular formula is C9H11N5O2S. The monoisotopic (exact) mass is 253 g/mol. The molecule has 2 heterocycles. The second-order valence-corrected chi connectivity index (χ2v) is 5.55. The highest BCUT2D eigenvalue weighted by Crippen LogP contribution is 2.21. The van der Waals surface area contributed by atoms with Gasteiger partial charge in [0.1, 0.15) is 10.6 Å². The van der Waals surface area contributed by atoms with Gasteiger partial charge < -0.3 is 11.5 Å². The van der Waals surface area contributed by atoms with Gasteiger partial charge in [-0.1, -0.05) is 0 Å². The molecule has 0 spiro atoms. The van der Waals surface area contributed by atoms with E-state index in [1.807, 2.05) is 0 Å². The van der Waals surface area contributed by atoms with Gasteiger partial charge in [0.2, 0.25) is 0 Å². The third-order valence-electron chi connectivity index (χ3n) is 2.21. The standard InChI is InChI=1S/C9H11N5O2S/c1-17(15,16)6-4-13-14(5-6)9-8(11)7(10)2-3-12-9/h2-5H,11H2,1H3,(H2,10,12). The molecule has 4 N–H and O–H groups in total. The van der Waals surface area contributed by atoms with Crippen molar-refractivity contribution in [2.75, 3.05) is 17.7 Å². The van der Waals surface area contributed by atoms with Crippen LogP contribution in [0.25, 0.3) is 5.82 Å². The van der Waals surface area contributed by atoms with Crippen molar-refractivity contribution < 1.29 is 8.42 Å². The van der Waals surface area contributed by atoms with Crippen LogP contribution in [0, 0.1) is 0 Å². The summed E-state index contributed by atoms with van der Waals surface area (Å²) in [5, 5.41) is 3.89. The number of sulfone groups is 1. The van der Waals surface area contributed by atoms with Crippen molar-refractivity contribution >= 4 is 21.2 Å². The van der Waals surface area contributed by atoms with Gasteiger partial charge in [-0.25, -0.2) is 18.1 Å². The SMILES string of the molecule is CS(=O)(=O)c1cnn(-c2nccc(N)c2N)c1. The zero-order valence-electron chi connectivity index (χ0n) is 9.03. The normalized spacial score (nSPS) is 11.6. The van der Waals surface area contributed by atoms with E-state index in [2.05, 4.69) is 10.1 Å². The number of pyridine rings is 1. The molecule has 2 aromatic heterocycles. The molecule has 0 radical (unpaired) electrons. The molecule has 90 valence electrons. The number of anilines is 2. The van der Waals surface area contributed by atoms with E-state index in [0.29, 0.717) is 11.5 Å². The highest BCUT2D eigenvalue weighted by atomic mass is 32.2. The average molecular weight is 253 g/mol. The maximum Gasteiger partial charge on any atom is 0.178 e. The molecule has 7 nitrogen and oxygen atoms in total. The Labute approximate surface area is 98.0 Å². The molecule has 0 atom stereocenters. The second-order valence-electron chi connectivity index (χ2n) is 3.53. The molecule has 0 unspecified atom stereocenters. The van der Waals surface area contributed by atoms with E-state index in [0.717, 1.165) is 6.26 Å². The van der Waals surface area contributed by atoms with E-state index in [4.69, 9.17) is 11.5 Å². The molecule has 0 aliphatic carbocycles. The third kappa shape index (κ3) is 2.07. The first-order valence-corrected chi connectivity index (χ1v) is 6.54. The van der Waals surface area contributed by atoms with E-state index < -0.39 is 9.84 Å². The zero-order valence-corrected chi connectivity index (χ0v) is 9.85. The van der Waals surface area contributed by atoms with Crippen molar-refractivity contribution in [1.29, 1.82) is 0 Å². The molecule has 0 amide bonds. The van der Waals surface area contributed by atoms with E-state index in [1.165, 1.54) is 23.3 Å². The number of nitrogens with two attached hydrogens (primary N) is 2. The summed E-state index contributed by atoms with van der Waals surface area (Å²) in [5.74, 6) is 0.305. The third-order valence-corrected chi connectivity index (χ3v) is 3.27. The van der Waals surface area contributed by atoms with Gasteiger partial charge in [0.15, 0.2) is 15.7 Å². The van der Waals surface area contributed by atoms with Crippen molar-refractivity contribution in [2.24, 2.45) is 0 Å². The average Bonchev–Trinajstić information content (AvgIpc) is 2.70. The Kier molecular flexibility index (Phi) is 2.50. The lowest BCUT2D eigenvalue weighted by molar-refractivity contribution is 0.602. The molecule has 0 saturated heterocycles. The minimum Gasteiger partial charge on any atom is -0.397 e. The highest BCUT2D eigenvalue weighted by Gasteiger charge is 2.13. The molecule has 0 fully saturated rings. The Morgan fingerprint density at radius 3 is 2.65 bits per heavy atom. The van der Waals surface area contributed by atoms with Crippen LogP contribution in [0.5, 0.6) is 0 Å². The van der Waals surface area contributed by atoms with Crippen molar-refractivity contribution in [2.45, 2.75) is 4.90 Å². The number of hydrogen-bond donors (Lipinski definition) is 2. The molecule has 0 bridgehead atoms. The molecule has 0 saturated carbocycles. The number of hydrogen-bond acceptors (Lipinski definition) is 6. The van der Waals surface area contributed by atoms with E-state index in [1.54, 1.807) is 6.07 Å². The van der Waals surface area contributed by atoms with Crippen LogP contribution in [-0.4, -0.2) is 29.4 Å². The molecule has 0 aromatic carbocycles. The molecule has 8 heteroatoms. The molecular weight excluding hydrogens is 242 g/mol. The molecule has 17 heavy (non-hydrogen) atoms. The topological polar surface area (TPSA) is 117 Å². The molecule has 0 aliphatic heterocycles. The minimum absolute atomic E-state index is 0.0983. The minimum atomic E-state index is -3.30. The van der Waals surface area contributed by atoms with E-state index >= 15 is 0 Å². The second kappa shape index (κ2) is 3.74. The van der Waals surface area contributed by atoms with Crippen LogP contribution in [0.2, 0.25) is 0 Å². The lowest BCUT2D eigenvalue weighted by Gasteiger charge is -2.05. The predicted molar refractivity (Wildman–Crippen MR) is 63.3 cm³/mol. The summed E-state index contributed by atoms with van der Waals surface area (Å²) in [6, 6.07) is 1.56. The highest BCUT2D eigenvalue weighted by molar-refractivity contribution is 7.90. The Morgan fingerprint density at radius 1 is 1.35 bits per heavy atom. The van der Waals surface area contributed by atoms with Crippen molar-refractivity contribution in [3.63, 3.8) is 0 Å². The fourth-order valence-corrected chi connectivity index (χ4v) is 1.80. The van der Waals surface area contributed by atoms with Gasteiger partial charge in [-0.2, -0.15) is 5.10 Å². The summed E-state index contributed by atoms with van der Waals surface area (Å²) in [6.07, 6.45) is 5.15. The quantitative estimate of drug-likeness (QED) is 0.767. The Balaban J connectivity index is 2.55. The van der Waals surface area contributed by atoms with Gasteiger partial charge >= 0.3 is 0 Å². The number of nitrogen functional groups attached to an aromatic ring is 2. The van der Waals surface area contributed by atoms with E-state index in [9.17, 15) is 8.42 Å². The maximum atomic E-state index is 11.3. The van der Waals surface area contributed by atoms with Gasteiger partial charge in [-0.05, 0) is 6.07 Å². The van der Waals surface area contributed by atoms with Gasteiger partial charge in [-0.3, -0.25) is 0 Å². The van der Waals surface area contributed by atoms with E-state index in [-0.39, 0.29) is 10.6 Å². The predicted octanol–water partition coefficient (Wildman–Crippen LogP) is -0.165. The Hall–Kier alpha value is -2.09. The van der Waals surface area contributed by atoms with Gasteiger partial charge in [0.05, 0.1) is 18.1 Å². The largest absolute Gasteiger partial charge is 0.397 e. The molecule has 2 rings (SSSR count).